The molecule has 3 nitrogen and oxygen atoms in total. The van der Waals surface area contributed by atoms with Gasteiger partial charge in [0.1, 0.15) is 5.82 Å². The maximum Gasteiger partial charge on any atom is 0.254 e. The molecule has 1 fully saturated rings. The van der Waals surface area contributed by atoms with Crippen molar-refractivity contribution >= 4 is 5.91 Å². The number of hydrogen-bond donors (Lipinski definition) is 1. The summed E-state index contributed by atoms with van der Waals surface area (Å²) in [6.45, 7) is 3.19. The molecule has 0 aliphatic carbocycles. The summed E-state index contributed by atoms with van der Waals surface area (Å²) in [5, 5.41) is 0. The van der Waals surface area contributed by atoms with Gasteiger partial charge in [-0.1, -0.05) is 18.2 Å². The molecular weight excluding hydrogens is 303 g/mol. The number of piperidine rings is 1. The first-order valence-corrected chi connectivity index (χ1v) is 8.48. The molecule has 0 spiro atoms. The van der Waals surface area contributed by atoms with Gasteiger partial charge in [0.2, 0.25) is 0 Å². The monoisotopic (exact) mass is 326 g/mol. The Hall–Kier alpha value is -2.20. The third kappa shape index (κ3) is 3.34. The zero-order valence-corrected chi connectivity index (χ0v) is 14.0. The Balaban J connectivity index is 1.92. The van der Waals surface area contributed by atoms with Crippen LogP contribution in [0, 0.1) is 12.7 Å². The molecular formula is C20H23FN2O. The SMILES string of the molecule is Cc1ccc(F)cc1-c1cccc(C(=O)N2CCCCC2CN)c1. The maximum atomic E-state index is 13.6. The van der Waals surface area contributed by atoms with Crippen molar-refractivity contribution in [2.45, 2.75) is 32.2 Å². The molecule has 2 N–H and O–H groups in total. The smallest absolute Gasteiger partial charge is 0.254 e. The molecule has 0 saturated carbocycles. The first kappa shape index (κ1) is 16.7. The quantitative estimate of drug-likeness (QED) is 0.933. The van der Waals surface area contributed by atoms with Crippen LogP contribution < -0.4 is 5.73 Å². The van der Waals surface area contributed by atoms with Crippen LogP contribution in [0.1, 0.15) is 35.2 Å². The van der Waals surface area contributed by atoms with Crippen molar-refractivity contribution in [2.75, 3.05) is 13.1 Å². The van der Waals surface area contributed by atoms with E-state index in [1.54, 1.807) is 6.07 Å². The Morgan fingerprint density at radius 1 is 1.25 bits per heavy atom. The Morgan fingerprint density at radius 2 is 2.08 bits per heavy atom. The lowest BCUT2D eigenvalue weighted by Crippen LogP contribution is -2.47. The van der Waals surface area contributed by atoms with Crippen LogP contribution >= 0.6 is 0 Å². The summed E-state index contributed by atoms with van der Waals surface area (Å²) >= 11 is 0. The second-order valence-electron chi connectivity index (χ2n) is 6.42. The first-order valence-electron chi connectivity index (χ1n) is 8.48. The highest BCUT2D eigenvalue weighted by molar-refractivity contribution is 5.96. The number of hydrogen-bond acceptors (Lipinski definition) is 2. The van der Waals surface area contributed by atoms with Crippen LogP contribution in [0.5, 0.6) is 0 Å². The summed E-state index contributed by atoms with van der Waals surface area (Å²) in [5.41, 5.74) is 9.13. The molecule has 1 amide bonds. The summed E-state index contributed by atoms with van der Waals surface area (Å²) < 4.78 is 13.6. The Bertz CT molecular complexity index is 744. The van der Waals surface area contributed by atoms with Crippen molar-refractivity contribution in [2.24, 2.45) is 5.73 Å². The topological polar surface area (TPSA) is 46.3 Å². The van der Waals surface area contributed by atoms with Crippen molar-refractivity contribution < 1.29 is 9.18 Å². The number of rotatable bonds is 3. The molecule has 24 heavy (non-hydrogen) atoms. The van der Waals surface area contributed by atoms with E-state index in [1.807, 2.05) is 36.1 Å². The van der Waals surface area contributed by atoms with Crippen molar-refractivity contribution in [3.63, 3.8) is 0 Å². The molecule has 1 aliphatic heterocycles. The predicted molar refractivity (Wildman–Crippen MR) is 94.3 cm³/mol. The van der Waals surface area contributed by atoms with Crippen LogP contribution in [-0.2, 0) is 0 Å². The van der Waals surface area contributed by atoms with Crippen LogP contribution in [0.25, 0.3) is 11.1 Å². The van der Waals surface area contributed by atoms with Crippen LogP contribution in [-0.4, -0.2) is 29.9 Å². The van der Waals surface area contributed by atoms with E-state index in [0.29, 0.717) is 12.1 Å². The predicted octanol–water partition coefficient (Wildman–Crippen LogP) is 3.75. The van der Waals surface area contributed by atoms with E-state index < -0.39 is 0 Å². The number of halogens is 1. The number of amides is 1. The molecule has 2 aromatic rings. The standard InChI is InChI=1S/C20H23FN2O/c1-14-8-9-17(21)12-19(14)15-5-4-6-16(11-15)20(24)23-10-3-2-7-18(23)13-22/h4-6,8-9,11-12,18H,2-3,7,10,13,22H2,1H3. The molecule has 1 heterocycles. The van der Waals surface area contributed by atoms with Crippen molar-refractivity contribution in [1.82, 2.24) is 4.90 Å². The molecule has 126 valence electrons. The van der Waals surface area contributed by atoms with Gasteiger partial charge in [0.25, 0.3) is 5.91 Å². The zero-order chi connectivity index (χ0) is 17.1. The third-order valence-electron chi connectivity index (χ3n) is 4.78. The minimum Gasteiger partial charge on any atom is -0.334 e. The summed E-state index contributed by atoms with van der Waals surface area (Å²) in [6, 6.07) is 12.3. The molecule has 1 unspecified atom stereocenters. The summed E-state index contributed by atoms with van der Waals surface area (Å²) in [5.74, 6) is -0.257. The molecule has 1 saturated heterocycles. The number of carbonyl (C=O) groups excluding carboxylic acids is 1. The summed E-state index contributed by atoms with van der Waals surface area (Å²) in [4.78, 5) is 14.8. The fraction of sp³-hybridized carbons (Fsp3) is 0.350. The summed E-state index contributed by atoms with van der Waals surface area (Å²) in [6.07, 6.45) is 3.10. The molecule has 0 bridgehead atoms. The minimum atomic E-state index is -0.272. The average molecular weight is 326 g/mol. The van der Waals surface area contributed by atoms with Gasteiger partial charge in [-0.25, -0.2) is 4.39 Å². The molecule has 1 aliphatic rings. The molecule has 3 rings (SSSR count). The lowest BCUT2D eigenvalue weighted by molar-refractivity contribution is 0.0623. The van der Waals surface area contributed by atoms with Gasteiger partial charge in [-0.05, 0) is 67.1 Å². The molecule has 0 radical (unpaired) electrons. The van der Waals surface area contributed by atoms with Crippen molar-refractivity contribution in [3.05, 3.63) is 59.4 Å². The van der Waals surface area contributed by atoms with Gasteiger partial charge < -0.3 is 10.6 Å². The van der Waals surface area contributed by atoms with Gasteiger partial charge in [-0.3, -0.25) is 4.79 Å². The fourth-order valence-electron chi connectivity index (χ4n) is 3.40. The summed E-state index contributed by atoms with van der Waals surface area (Å²) in [7, 11) is 0. The van der Waals surface area contributed by atoms with Gasteiger partial charge in [0.05, 0.1) is 0 Å². The lowest BCUT2D eigenvalue weighted by atomic mass is 9.97. The van der Waals surface area contributed by atoms with Gasteiger partial charge in [-0.15, -0.1) is 0 Å². The first-order chi connectivity index (χ1) is 11.6. The normalized spacial score (nSPS) is 17.8. The van der Waals surface area contributed by atoms with E-state index >= 15 is 0 Å². The highest BCUT2D eigenvalue weighted by atomic mass is 19.1. The average Bonchev–Trinajstić information content (AvgIpc) is 2.63. The molecule has 1 atom stereocenters. The number of nitrogens with zero attached hydrogens (tertiary/aromatic N) is 1. The van der Waals surface area contributed by atoms with Gasteiger partial charge in [-0.2, -0.15) is 0 Å². The zero-order valence-electron chi connectivity index (χ0n) is 14.0. The second kappa shape index (κ2) is 7.14. The second-order valence-corrected chi connectivity index (χ2v) is 6.42. The van der Waals surface area contributed by atoms with Gasteiger partial charge in [0, 0.05) is 24.7 Å². The third-order valence-corrected chi connectivity index (χ3v) is 4.78. The van der Waals surface area contributed by atoms with E-state index in [0.717, 1.165) is 42.5 Å². The van der Waals surface area contributed by atoms with Crippen molar-refractivity contribution in [1.29, 1.82) is 0 Å². The number of carbonyl (C=O) groups is 1. The van der Waals surface area contributed by atoms with Gasteiger partial charge in [0.15, 0.2) is 0 Å². The van der Waals surface area contributed by atoms with Crippen LogP contribution in [0.2, 0.25) is 0 Å². The molecule has 2 aromatic carbocycles. The van der Waals surface area contributed by atoms with E-state index in [-0.39, 0.29) is 17.8 Å². The lowest BCUT2D eigenvalue weighted by Gasteiger charge is -2.35. The van der Waals surface area contributed by atoms with Crippen LogP contribution in [0.15, 0.2) is 42.5 Å². The number of nitrogens with two attached hydrogens (primary N) is 1. The Kier molecular flexibility index (Phi) is 4.95. The minimum absolute atomic E-state index is 0.0149. The number of likely N-dealkylation sites (tertiary alicyclic amines) is 1. The molecule has 4 heteroatoms. The Morgan fingerprint density at radius 3 is 2.88 bits per heavy atom. The largest absolute Gasteiger partial charge is 0.334 e. The van der Waals surface area contributed by atoms with E-state index in [9.17, 15) is 9.18 Å². The van der Waals surface area contributed by atoms with Crippen molar-refractivity contribution in [3.8, 4) is 11.1 Å². The maximum absolute atomic E-state index is 13.6. The van der Waals surface area contributed by atoms with E-state index in [4.69, 9.17) is 5.73 Å². The Labute approximate surface area is 142 Å². The van der Waals surface area contributed by atoms with E-state index in [2.05, 4.69) is 0 Å². The van der Waals surface area contributed by atoms with Crippen LogP contribution in [0.3, 0.4) is 0 Å². The van der Waals surface area contributed by atoms with Gasteiger partial charge >= 0.3 is 0 Å². The van der Waals surface area contributed by atoms with E-state index in [1.165, 1.54) is 12.1 Å². The number of benzene rings is 2. The fourth-order valence-corrected chi connectivity index (χ4v) is 3.40. The number of aryl methyl sites for hydroxylation is 1. The molecule has 0 aromatic heterocycles. The van der Waals surface area contributed by atoms with Crippen LogP contribution in [0.4, 0.5) is 4.39 Å². The highest BCUT2D eigenvalue weighted by Gasteiger charge is 2.26. The highest BCUT2D eigenvalue weighted by Crippen LogP contribution is 2.26.